The lowest BCUT2D eigenvalue weighted by atomic mass is 10.0. The number of likely N-dealkylation sites (N-methyl/N-ethyl adjacent to an activating group) is 1. The zero-order valence-electron chi connectivity index (χ0n) is 12.8. The zero-order valence-corrected chi connectivity index (χ0v) is 12.8. The molecule has 0 spiro atoms. The Morgan fingerprint density at radius 3 is 2.50 bits per heavy atom. The van der Waals surface area contributed by atoms with Crippen molar-refractivity contribution in [2.75, 3.05) is 13.6 Å². The topological polar surface area (TPSA) is 42.1 Å². The quantitative estimate of drug-likeness (QED) is 0.795. The molecule has 1 aromatic carbocycles. The van der Waals surface area contributed by atoms with Crippen molar-refractivity contribution in [3.8, 4) is 0 Å². The van der Waals surface area contributed by atoms with E-state index in [1.165, 1.54) is 0 Å². The van der Waals surface area contributed by atoms with Gasteiger partial charge in [-0.2, -0.15) is 0 Å². The molecule has 0 bridgehead atoms. The molecule has 0 N–H and O–H groups in total. The molecular weight excluding hydrogens is 254 g/mol. The molecule has 1 amide bonds. The van der Waals surface area contributed by atoms with Crippen LogP contribution in [0.1, 0.15) is 39.4 Å². The highest BCUT2D eigenvalue weighted by Crippen LogP contribution is 2.49. The predicted molar refractivity (Wildman–Crippen MR) is 77.5 cm³/mol. The van der Waals surface area contributed by atoms with Crippen molar-refractivity contribution in [1.29, 1.82) is 0 Å². The van der Waals surface area contributed by atoms with Gasteiger partial charge in [0.25, 0.3) is 0 Å². The average molecular weight is 277 g/mol. The molecule has 1 fully saturated rings. The van der Waals surface area contributed by atoms with Crippen LogP contribution in [0.15, 0.2) is 30.3 Å². The fourth-order valence-electron chi connectivity index (χ4n) is 2.28. The minimum Gasteiger partial charge on any atom is -0.444 e. The Labute approximate surface area is 120 Å². The maximum absolute atomic E-state index is 12.0. The molecule has 1 aromatic rings. The molecule has 2 rings (SSSR count). The van der Waals surface area contributed by atoms with Crippen LogP contribution in [0.5, 0.6) is 0 Å². The molecule has 1 aliphatic heterocycles. The van der Waals surface area contributed by atoms with E-state index in [0.717, 1.165) is 5.56 Å². The Morgan fingerprint density at radius 2 is 1.95 bits per heavy atom. The first-order valence-electron chi connectivity index (χ1n) is 6.88. The van der Waals surface area contributed by atoms with Gasteiger partial charge in [-0.15, -0.1) is 0 Å². The van der Waals surface area contributed by atoms with E-state index in [1.807, 2.05) is 58.0 Å². The van der Waals surface area contributed by atoms with Crippen LogP contribution >= 0.6 is 0 Å². The lowest BCUT2D eigenvalue weighted by Crippen LogP contribution is -2.39. The van der Waals surface area contributed by atoms with E-state index in [0.29, 0.717) is 6.54 Å². The van der Waals surface area contributed by atoms with Gasteiger partial charge in [0, 0.05) is 7.05 Å². The van der Waals surface area contributed by atoms with Gasteiger partial charge in [0.15, 0.2) is 0 Å². The summed E-state index contributed by atoms with van der Waals surface area (Å²) in [5.74, 6) is 0. The number of carbonyl (C=O) groups excluding carboxylic acids is 1. The molecule has 0 aliphatic carbocycles. The number of nitrogens with zero attached hydrogens (tertiary/aromatic N) is 1. The fraction of sp³-hybridized carbons (Fsp3) is 0.562. The maximum atomic E-state index is 12.0. The van der Waals surface area contributed by atoms with Gasteiger partial charge in [0.1, 0.15) is 17.3 Å². The first-order valence-corrected chi connectivity index (χ1v) is 6.88. The third-order valence-electron chi connectivity index (χ3n) is 3.24. The molecule has 0 radical (unpaired) electrons. The summed E-state index contributed by atoms with van der Waals surface area (Å²) in [5, 5.41) is 0. The highest BCUT2D eigenvalue weighted by molar-refractivity contribution is 5.68. The van der Waals surface area contributed by atoms with Crippen LogP contribution in [0, 0.1) is 0 Å². The van der Waals surface area contributed by atoms with Gasteiger partial charge in [-0.1, -0.05) is 30.3 Å². The molecule has 1 aliphatic rings. The summed E-state index contributed by atoms with van der Waals surface area (Å²) in [4.78, 5) is 13.5. The summed E-state index contributed by atoms with van der Waals surface area (Å²) in [7, 11) is 1.74. The average Bonchev–Trinajstić information content (AvgIpc) is 3.00. The first kappa shape index (κ1) is 14.9. The second-order valence-electron chi connectivity index (χ2n) is 6.56. The SMILES string of the molecule is CN(CC1(C)OC1c1ccccc1)C(=O)OC(C)(C)C. The van der Waals surface area contributed by atoms with Crippen LogP contribution in [0.4, 0.5) is 4.79 Å². The molecule has 2 atom stereocenters. The number of hydrogen-bond acceptors (Lipinski definition) is 3. The van der Waals surface area contributed by atoms with Gasteiger partial charge in [-0.05, 0) is 33.3 Å². The minimum atomic E-state index is -0.477. The van der Waals surface area contributed by atoms with Crippen LogP contribution in [0.2, 0.25) is 0 Å². The van der Waals surface area contributed by atoms with Crippen molar-refractivity contribution in [1.82, 2.24) is 4.90 Å². The second kappa shape index (κ2) is 5.09. The lowest BCUT2D eigenvalue weighted by Gasteiger charge is -2.25. The van der Waals surface area contributed by atoms with Crippen LogP contribution < -0.4 is 0 Å². The molecule has 4 nitrogen and oxygen atoms in total. The van der Waals surface area contributed by atoms with Crippen molar-refractivity contribution in [3.63, 3.8) is 0 Å². The standard InChI is InChI=1S/C16H23NO3/c1-15(2,3)20-14(18)17(5)11-16(4)13(19-16)12-9-7-6-8-10-12/h6-10,13H,11H2,1-5H3. The summed E-state index contributed by atoms with van der Waals surface area (Å²) in [5.41, 5.74) is 0.343. The number of epoxide rings is 1. The van der Waals surface area contributed by atoms with Crippen molar-refractivity contribution >= 4 is 6.09 Å². The molecule has 1 heterocycles. The van der Waals surface area contributed by atoms with E-state index in [1.54, 1.807) is 11.9 Å². The Bertz CT molecular complexity index is 480. The maximum Gasteiger partial charge on any atom is 0.410 e. The number of carbonyl (C=O) groups is 1. The highest BCUT2D eigenvalue weighted by atomic mass is 16.6. The smallest absolute Gasteiger partial charge is 0.410 e. The van der Waals surface area contributed by atoms with E-state index in [4.69, 9.17) is 9.47 Å². The normalized spacial score (nSPS) is 25.1. The van der Waals surface area contributed by atoms with Crippen LogP contribution in [-0.4, -0.2) is 35.8 Å². The largest absolute Gasteiger partial charge is 0.444 e. The van der Waals surface area contributed by atoms with Gasteiger partial charge in [-0.25, -0.2) is 4.79 Å². The van der Waals surface area contributed by atoms with Gasteiger partial charge in [0.05, 0.1) is 6.54 Å². The van der Waals surface area contributed by atoms with Crippen LogP contribution in [0.3, 0.4) is 0 Å². The summed E-state index contributed by atoms with van der Waals surface area (Å²) < 4.78 is 11.1. The Kier molecular flexibility index (Phi) is 3.78. The van der Waals surface area contributed by atoms with Crippen LogP contribution in [0.25, 0.3) is 0 Å². The van der Waals surface area contributed by atoms with E-state index in [2.05, 4.69) is 0 Å². The Hall–Kier alpha value is -1.55. The summed E-state index contributed by atoms with van der Waals surface area (Å²) in [6.07, 6.45) is -0.269. The number of amides is 1. The number of hydrogen-bond donors (Lipinski definition) is 0. The van der Waals surface area contributed by atoms with E-state index in [-0.39, 0.29) is 17.8 Å². The number of ether oxygens (including phenoxy) is 2. The van der Waals surface area contributed by atoms with Crippen LogP contribution in [-0.2, 0) is 9.47 Å². The molecular formula is C16H23NO3. The Balaban J connectivity index is 1.93. The lowest BCUT2D eigenvalue weighted by molar-refractivity contribution is 0.0262. The summed E-state index contributed by atoms with van der Waals surface area (Å²) in [6.45, 7) is 8.12. The van der Waals surface area contributed by atoms with E-state index in [9.17, 15) is 4.79 Å². The van der Waals surface area contributed by atoms with E-state index >= 15 is 0 Å². The predicted octanol–water partition coefficient (Wildman–Crippen LogP) is 3.38. The van der Waals surface area contributed by atoms with Crippen molar-refractivity contribution in [2.24, 2.45) is 0 Å². The monoisotopic (exact) mass is 277 g/mol. The number of rotatable bonds is 3. The van der Waals surface area contributed by atoms with Gasteiger partial charge in [-0.3, -0.25) is 0 Å². The second-order valence-corrected chi connectivity index (χ2v) is 6.56. The van der Waals surface area contributed by atoms with Crippen molar-refractivity contribution < 1.29 is 14.3 Å². The number of benzene rings is 1. The molecule has 0 saturated carbocycles. The molecule has 20 heavy (non-hydrogen) atoms. The highest BCUT2D eigenvalue weighted by Gasteiger charge is 2.54. The zero-order chi connectivity index (χ0) is 15.0. The van der Waals surface area contributed by atoms with Crippen molar-refractivity contribution in [2.45, 2.75) is 45.0 Å². The summed E-state index contributed by atoms with van der Waals surface area (Å²) >= 11 is 0. The van der Waals surface area contributed by atoms with E-state index < -0.39 is 5.60 Å². The third-order valence-corrected chi connectivity index (χ3v) is 3.24. The molecule has 4 heteroatoms. The molecule has 110 valence electrons. The molecule has 0 aromatic heterocycles. The third kappa shape index (κ3) is 3.51. The van der Waals surface area contributed by atoms with Gasteiger partial charge >= 0.3 is 6.09 Å². The molecule has 2 unspecified atom stereocenters. The molecule has 1 saturated heterocycles. The van der Waals surface area contributed by atoms with Gasteiger partial charge < -0.3 is 14.4 Å². The van der Waals surface area contributed by atoms with Gasteiger partial charge in [0.2, 0.25) is 0 Å². The first-order chi connectivity index (χ1) is 9.21. The summed E-state index contributed by atoms with van der Waals surface area (Å²) in [6, 6.07) is 10.1. The Morgan fingerprint density at radius 1 is 1.35 bits per heavy atom. The minimum absolute atomic E-state index is 0.0496. The fourth-order valence-corrected chi connectivity index (χ4v) is 2.28. The van der Waals surface area contributed by atoms with Crippen molar-refractivity contribution in [3.05, 3.63) is 35.9 Å².